The SMILES string of the molecule is CC(=O)NC1(Nc2ccccc2)C(=O)N(c2ccccc2)N=C1c1c(C)cc(C)c2ccccc12. The van der Waals surface area contributed by atoms with Gasteiger partial charge in [0.1, 0.15) is 5.71 Å². The number of hydrazone groups is 1. The van der Waals surface area contributed by atoms with Gasteiger partial charge in [-0.2, -0.15) is 10.1 Å². The van der Waals surface area contributed by atoms with Gasteiger partial charge in [-0.3, -0.25) is 9.59 Å². The van der Waals surface area contributed by atoms with E-state index in [-0.39, 0.29) is 11.8 Å². The molecule has 4 aromatic carbocycles. The zero-order valence-corrected chi connectivity index (χ0v) is 19.9. The third-order valence-corrected chi connectivity index (χ3v) is 6.22. The fourth-order valence-electron chi connectivity index (χ4n) is 4.77. The van der Waals surface area contributed by atoms with Gasteiger partial charge >= 0.3 is 5.91 Å². The van der Waals surface area contributed by atoms with Gasteiger partial charge in [0.15, 0.2) is 0 Å². The maximum absolute atomic E-state index is 14.2. The Morgan fingerprint density at radius 1 is 0.829 bits per heavy atom. The molecule has 0 aromatic heterocycles. The Hall–Kier alpha value is -4.45. The molecule has 6 nitrogen and oxygen atoms in total. The number of benzene rings is 4. The highest BCUT2D eigenvalue weighted by molar-refractivity contribution is 6.33. The number of nitrogens with one attached hydrogen (secondary N) is 2. The molecule has 0 saturated carbocycles. The Labute approximate surface area is 204 Å². The second-order valence-corrected chi connectivity index (χ2v) is 8.75. The fourth-order valence-corrected chi connectivity index (χ4v) is 4.77. The minimum atomic E-state index is -1.61. The molecule has 1 aliphatic heterocycles. The van der Waals surface area contributed by atoms with Crippen molar-refractivity contribution in [2.24, 2.45) is 5.10 Å². The lowest BCUT2D eigenvalue weighted by molar-refractivity contribution is -0.127. The molecule has 0 fully saturated rings. The number of aryl methyl sites for hydroxylation is 2. The Balaban J connectivity index is 1.82. The standard InChI is InChI=1S/C29H26N4O2/c1-19-18-20(2)26(25-17-11-10-16-24(19)25)27-29(30-21(3)34,31-22-12-6-4-7-13-22)28(35)33(32-27)23-14-8-5-9-15-23/h4-18,31H,1-3H3,(H,30,34). The number of nitrogens with zero attached hydrogens (tertiary/aromatic N) is 2. The smallest absolute Gasteiger partial charge is 0.300 e. The largest absolute Gasteiger partial charge is 0.350 e. The van der Waals surface area contributed by atoms with Crippen molar-refractivity contribution < 1.29 is 9.59 Å². The Morgan fingerprint density at radius 2 is 1.43 bits per heavy atom. The number of hydrogen-bond acceptors (Lipinski definition) is 4. The topological polar surface area (TPSA) is 73.8 Å². The van der Waals surface area contributed by atoms with E-state index in [1.165, 1.54) is 11.9 Å². The van der Waals surface area contributed by atoms with E-state index < -0.39 is 5.66 Å². The Morgan fingerprint density at radius 3 is 2.09 bits per heavy atom. The molecule has 0 radical (unpaired) electrons. The molecular weight excluding hydrogens is 436 g/mol. The van der Waals surface area contributed by atoms with Crippen molar-refractivity contribution in [2.45, 2.75) is 26.4 Å². The summed E-state index contributed by atoms with van der Waals surface area (Å²) in [5.74, 6) is -0.736. The number of anilines is 2. The molecule has 0 saturated heterocycles. The minimum absolute atomic E-state index is 0.349. The van der Waals surface area contributed by atoms with Crippen LogP contribution in [0.25, 0.3) is 10.8 Å². The van der Waals surface area contributed by atoms with Crippen molar-refractivity contribution in [3.8, 4) is 0 Å². The minimum Gasteiger partial charge on any atom is -0.350 e. The summed E-state index contributed by atoms with van der Waals surface area (Å²) in [6.45, 7) is 5.49. The quantitative estimate of drug-likeness (QED) is 0.403. The zero-order valence-electron chi connectivity index (χ0n) is 19.9. The van der Waals surface area contributed by atoms with Crippen LogP contribution in [0.1, 0.15) is 23.6 Å². The summed E-state index contributed by atoms with van der Waals surface area (Å²) in [5, 5.41) is 14.6. The number of amides is 2. The van der Waals surface area contributed by atoms with E-state index in [0.29, 0.717) is 17.1 Å². The highest BCUT2D eigenvalue weighted by Crippen LogP contribution is 2.35. The van der Waals surface area contributed by atoms with Crippen LogP contribution in [0.4, 0.5) is 11.4 Å². The molecule has 6 heteroatoms. The Kier molecular flexibility index (Phi) is 5.57. The van der Waals surface area contributed by atoms with Crippen LogP contribution in [0.5, 0.6) is 0 Å². The van der Waals surface area contributed by atoms with Crippen LogP contribution >= 0.6 is 0 Å². The van der Waals surface area contributed by atoms with Crippen molar-refractivity contribution >= 4 is 39.7 Å². The molecule has 1 unspecified atom stereocenters. The molecule has 5 rings (SSSR count). The van der Waals surface area contributed by atoms with Crippen LogP contribution in [-0.4, -0.2) is 23.2 Å². The van der Waals surface area contributed by atoms with Gasteiger partial charge in [-0.05, 0) is 60.0 Å². The number of carbonyl (C=O) groups excluding carboxylic acids is 2. The van der Waals surface area contributed by atoms with Gasteiger partial charge < -0.3 is 10.6 Å². The zero-order chi connectivity index (χ0) is 24.6. The van der Waals surface area contributed by atoms with Crippen molar-refractivity contribution in [2.75, 3.05) is 10.3 Å². The second-order valence-electron chi connectivity index (χ2n) is 8.75. The number of para-hydroxylation sites is 2. The van der Waals surface area contributed by atoms with E-state index in [1.54, 1.807) is 0 Å². The molecule has 1 heterocycles. The van der Waals surface area contributed by atoms with E-state index in [1.807, 2.05) is 85.8 Å². The van der Waals surface area contributed by atoms with E-state index >= 15 is 0 Å². The van der Waals surface area contributed by atoms with Crippen LogP contribution in [0, 0.1) is 13.8 Å². The van der Waals surface area contributed by atoms with Crippen molar-refractivity contribution in [3.05, 3.63) is 108 Å². The lowest BCUT2D eigenvalue weighted by Gasteiger charge is -2.32. The van der Waals surface area contributed by atoms with Gasteiger partial charge in [0.2, 0.25) is 11.6 Å². The first-order valence-corrected chi connectivity index (χ1v) is 11.5. The lowest BCUT2D eigenvalue weighted by atomic mass is 9.87. The molecular formula is C29H26N4O2. The van der Waals surface area contributed by atoms with Gasteiger partial charge in [0.25, 0.3) is 0 Å². The number of hydrogen-bond donors (Lipinski definition) is 2. The van der Waals surface area contributed by atoms with Gasteiger partial charge in [-0.25, -0.2) is 0 Å². The molecule has 1 aliphatic rings. The molecule has 4 aromatic rings. The average molecular weight is 463 g/mol. The highest BCUT2D eigenvalue weighted by atomic mass is 16.2. The first kappa shape index (κ1) is 22.3. The summed E-state index contributed by atoms with van der Waals surface area (Å²) >= 11 is 0. The van der Waals surface area contributed by atoms with Crippen LogP contribution in [-0.2, 0) is 9.59 Å². The summed E-state index contributed by atoms with van der Waals surface area (Å²) < 4.78 is 0. The van der Waals surface area contributed by atoms with Crippen LogP contribution in [0.3, 0.4) is 0 Å². The summed E-state index contributed by atoms with van der Waals surface area (Å²) in [5.41, 5.74) is 3.05. The van der Waals surface area contributed by atoms with E-state index in [2.05, 4.69) is 29.7 Å². The first-order chi connectivity index (χ1) is 16.9. The predicted molar refractivity (Wildman–Crippen MR) is 140 cm³/mol. The molecule has 2 N–H and O–H groups in total. The molecule has 0 bridgehead atoms. The normalized spacial score (nSPS) is 17.4. The molecule has 0 aliphatic carbocycles. The Bertz CT molecular complexity index is 1460. The monoisotopic (exact) mass is 462 g/mol. The van der Waals surface area contributed by atoms with Gasteiger partial charge in [-0.15, -0.1) is 0 Å². The van der Waals surface area contributed by atoms with Crippen molar-refractivity contribution in [1.29, 1.82) is 0 Å². The third-order valence-electron chi connectivity index (χ3n) is 6.22. The van der Waals surface area contributed by atoms with E-state index in [0.717, 1.165) is 27.5 Å². The van der Waals surface area contributed by atoms with Crippen LogP contribution in [0.15, 0.2) is 96.1 Å². The lowest BCUT2D eigenvalue weighted by Crippen LogP contribution is -2.64. The molecule has 2 amide bonds. The molecule has 35 heavy (non-hydrogen) atoms. The maximum atomic E-state index is 14.2. The third kappa shape index (κ3) is 3.83. The number of rotatable bonds is 5. The van der Waals surface area contributed by atoms with Crippen LogP contribution in [0.2, 0.25) is 0 Å². The van der Waals surface area contributed by atoms with Crippen LogP contribution < -0.4 is 15.6 Å². The van der Waals surface area contributed by atoms with Gasteiger partial charge in [0.05, 0.1) is 5.69 Å². The van der Waals surface area contributed by atoms with Crippen molar-refractivity contribution in [1.82, 2.24) is 5.32 Å². The average Bonchev–Trinajstić information content (AvgIpc) is 3.11. The number of carbonyl (C=O) groups is 2. The summed E-state index contributed by atoms with van der Waals surface area (Å²) in [6.07, 6.45) is 0. The molecule has 1 atom stereocenters. The fraction of sp³-hybridized carbons (Fsp3) is 0.138. The number of fused-ring (bicyclic) bond motifs is 1. The summed E-state index contributed by atoms with van der Waals surface area (Å²) in [4.78, 5) is 26.8. The van der Waals surface area contributed by atoms with Gasteiger partial charge in [-0.1, -0.05) is 66.7 Å². The first-order valence-electron chi connectivity index (χ1n) is 11.5. The predicted octanol–water partition coefficient (Wildman–Crippen LogP) is 5.15. The van der Waals surface area contributed by atoms with E-state index in [9.17, 15) is 9.59 Å². The highest BCUT2D eigenvalue weighted by Gasteiger charge is 2.54. The second kappa shape index (κ2) is 8.72. The summed E-state index contributed by atoms with van der Waals surface area (Å²) in [6, 6.07) is 28.8. The molecule has 174 valence electrons. The van der Waals surface area contributed by atoms with Crippen molar-refractivity contribution in [3.63, 3.8) is 0 Å². The van der Waals surface area contributed by atoms with Gasteiger partial charge in [0, 0.05) is 18.2 Å². The molecule has 0 spiro atoms. The van der Waals surface area contributed by atoms with E-state index in [4.69, 9.17) is 5.10 Å². The maximum Gasteiger partial charge on any atom is 0.300 e. The summed E-state index contributed by atoms with van der Waals surface area (Å²) in [7, 11) is 0.